The number of carbonyl (C=O) groups is 1. The largest absolute Gasteiger partial charge is 0.497 e. The molecule has 5 rings (SSSR count). The Morgan fingerprint density at radius 1 is 1.10 bits per heavy atom. The summed E-state index contributed by atoms with van der Waals surface area (Å²) in [5, 5.41) is 5.75. The van der Waals surface area contributed by atoms with Gasteiger partial charge in [-0.15, -0.1) is 0 Å². The number of halogens is 4. The zero-order valence-electron chi connectivity index (χ0n) is 21.2. The molecule has 2 aromatic heterocycles. The van der Waals surface area contributed by atoms with Gasteiger partial charge in [-0.2, -0.15) is 13.2 Å². The number of aryl methyl sites for hydroxylation is 1. The number of fused-ring (bicyclic) bond motifs is 1. The number of imidazole rings is 1. The summed E-state index contributed by atoms with van der Waals surface area (Å²) in [4.78, 5) is 17.1. The predicted molar refractivity (Wildman–Crippen MR) is 138 cm³/mol. The van der Waals surface area contributed by atoms with E-state index >= 15 is 0 Å². The third-order valence-electron chi connectivity index (χ3n) is 6.32. The van der Waals surface area contributed by atoms with Crippen LogP contribution in [0.25, 0.3) is 16.9 Å². The van der Waals surface area contributed by atoms with Crippen molar-refractivity contribution >= 4 is 17.4 Å². The summed E-state index contributed by atoms with van der Waals surface area (Å²) >= 11 is 0. The number of benzene rings is 2. The van der Waals surface area contributed by atoms with Crippen LogP contribution in [0.4, 0.5) is 23.4 Å². The zero-order chi connectivity index (χ0) is 27.7. The monoisotopic (exact) mass is 542 g/mol. The van der Waals surface area contributed by atoms with Gasteiger partial charge in [0, 0.05) is 29.8 Å². The van der Waals surface area contributed by atoms with Gasteiger partial charge in [-0.3, -0.25) is 9.20 Å². The van der Waals surface area contributed by atoms with E-state index in [0.717, 1.165) is 12.8 Å². The van der Waals surface area contributed by atoms with Crippen LogP contribution in [-0.4, -0.2) is 41.2 Å². The summed E-state index contributed by atoms with van der Waals surface area (Å²) < 4.78 is 65.4. The summed E-state index contributed by atoms with van der Waals surface area (Å²) in [6.07, 6.45) is -1.86. The summed E-state index contributed by atoms with van der Waals surface area (Å²) in [6, 6.07) is 12.8. The third kappa shape index (κ3) is 6.08. The average Bonchev–Trinajstić information content (AvgIpc) is 3.62. The Labute approximate surface area is 221 Å². The Balaban J connectivity index is 1.52. The van der Waals surface area contributed by atoms with E-state index in [1.165, 1.54) is 19.2 Å². The van der Waals surface area contributed by atoms with Gasteiger partial charge in [-0.05, 0) is 61.7 Å². The fourth-order valence-corrected chi connectivity index (χ4v) is 4.18. The molecule has 1 saturated carbocycles. The number of nitrogens with one attached hydrogen (secondary N) is 2. The number of hydrogen-bond acceptors (Lipinski definition) is 5. The van der Waals surface area contributed by atoms with Crippen molar-refractivity contribution < 1.29 is 31.8 Å². The zero-order valence-corrected chi connectivity index (χ0v) is 21.2. The molecule has 2 N–H and O–H groups in total. The molecule has 0 radical (unpaired) electrons. The lowest BCUT2D eigenvalue weighted by Gasteiger charge is -2.13. The lowest BCUT2D eigenvalue weighted by Crippen LogP contribution is -2.26. The molecule has 7 nitrogen and oxygen atoms in total. The lowest BCUT2D eigenvalue weighted by atomic mass is 10.0. The van der Waals surface area contributed by atoms with Gasteiger partial charge >= 0.3 is 6.18 Å². The van der Waals surface area contributed by atoms with Gasteiger partial charge in [0.05, 0.1) is 25.4 Å². The molecular weight excluding hydrogens is 516 g/mol. The second-order valence-electron chi connectivity index (χ2n) is 9.37. The Morgan fingerprint density at radius 3 is 2.54 bits per heavy atom. The molecule has 204 valence electrons. The maximum atomic E-state index is 14.5. The topological polar surface area (TPSA) is 76.9 Å². The summed E-state index contributed by atoms with van der Waals surface area (Å²) in [5.74, 6) is 0.0466. The van der Waals surface area contributed by atoms with Crippen LogP contribution in [0, 0.1) is 12.7 Å². The number of amides is 1. The van der Waals surface area contributed by atoms with E-state index in [-0.39, 0.29) is 35.8 Å². The first-order valence-corrected chi connectivity index (χ1v) is 12.4. The van der Waals surface area contributed by atoms with Crippen LogP contribution in [0.3, 0.4) is 0 Å². The number of nitrogens with zero attached hydrogens (tertiary/aromatic N) is 2. The molecule has 0 spiro atoms. The number of rotatable bonds is 9. The first kappa shape index (κ1) is 26.3. The molecular formula is C28H26F4N4O3. The molecule has 0 unspecified atom stereocenters. The van der Waals surface area contributed by atoms with E-state index in [2.05, 4.69) is 15.6 Å². The van der Waals surface area contributed by atoms with Crippen LogP contribution in [0.1, 0.15) is 35.2 Å². The number of carbonyl (C=O) groups excluding carboxylic acids is 1. The van der Waals surface area contributed by atoms with Crippen molar-refractivity contribution in [2.45, 2.75) is 38.4 Å². The highest BCUT2D eigenvalue weighted by Crippen LogP contribution is 2.34. The minimum Gasteiger partial charge on any atom is -0.497 e. The fraction of sp³-hybridized carbons (Fsp3) is 0.286. The smallest absolute Gasteiger partial charge is 0.390 e. The highest BCUT2D eigenvalue weighted by molar-refractivity contribution is 5.96. The molecule has 1 fully saturated rings. The van der Waals surface area contributed by atoms with E-state index in [1.54, 1.807) is 53.9 Å². The van der Waals surface area contributed by atoms with E-state index in [1.807, 2.05) is 0 Å². The second-order valence-corrected chi connectivity index (χ2v) is 9.37. The van der Waals surface area contributed by atoms with Crippen molar-refractivity contribution in [3.05, 3.63) is 71.7 Å². The Hall–Kier alpha value is -4.28. The highest BCUT2D eigenvalue weighted by Gasteiger charge is 2.27. The van der Waals surface area contributed by atoms with E-state index < -0.39 is 18.4 Å². The van der Waals surface area contributed by atoms with Gasteiger partial charge in [0.1, 0.15) is 17.1 Å². The second kappa shape index (κ2) is 10.5. The van der Waals surface area contributed by atoms with Crippen LogP contribution >= 0.6 is 0 Å². The normalized spacial score (nSPS) is 13.4. The van der Waals surface area contributed by atoms with Crippen LogP contribution < -0.4 is 20.1 Å². The Morgan fingerprint density at radius 2 is 1.87 bits per heavy atom. The summed E-state index contributed by atoms with van der Waals surface area (Å²) in [7, 11) is 1.43. The number of pyridine rings is 1. The molecule has 1 aliphatic rings. The molecule has 39 heavy (non-hydrogen) atoms. The molecule has 11 heteroatoms. The molecule has 1 aliphatic carbocycles. The van der Waals surface area contributed by atoms with Crippen molar-refractivity contribution in [3.63, 3.8) is 0 Å². The first-order chi connectivity index (χ1) is 18.6. The molecule has 0 saturated heterocycles. The van der Waals surface area contributed by atoms with Crippen LogP contribution in [0.15, 0.2) is 54.7 Å². The predicted octanol–water partition coefficient (Wildman–Crippen LogP) is 6.51. The maximum absolute atomic E-state index is 14.5. The number of anilines is 1. The summed E-state index contributed by atoms with van der Waals surface area (Å²) in [5.41, 5.74) is 2.77. The Bertz CT molecular complexity index is 1530. The van der Waals surface area contributed by atoms with Crippen LogP contribution in [0.5, 0.6) is 17.2 Å². The van der Waals surface area contributed by atoms with Gasteiger partial charge in [0.25, 0.3) is 5.91 Å². The fourth-order valence-electron chi connectivity index (χ4n) is 4.18. The summed E-state index contributed by atoms with van der Waals surface area (Å²) in [6.45, 7) is 1.42. The van der Waals surface area contributed by atoms with Gasteiger partial charge in [0.15, 0.2) is 17.4 Å². The molecule has 0 bridgehead atoms. The quantitative estimate of drug-likeness (QED) is 0.236. The molecule has 0 atom stereocenters. The Kier molecular flexibility index (Phi) is 7.07. The van der Waals surface area contributed by atoms with Crippen LogP contribution in [-0.2, 0) is 0 Å². The van der Waals surface area contributed by atoms with Crippen molar-refractivity contribution in [1.82, 2.24) is 14.7 Å². The maximum Gasteiger partial charge on any atom is 0.390 e. The van der Waals surface area contributed by atoms with Crippen molar-refractivity contribution in [2.24, 2.45) is 0 Å². The highest BCUT2D eigenvalue weighted by atomic mass is 19.4. The number of hydrogen-bond donors (Lipinski definition) is 2. The SMILES string of the molecule is COc1ccc(Oc2ccc3nc(NCCC(F)(F)F)c(-c4ccc(C(=O)NC5CC5)c(C)c4)n3c2)c(F)c1. The van der Waals surface area contributed by atoms with Gasteiger partial charge in [-0.1, -0.05) is 6.07 Å². The minimum absolute atomic E-state index is 0.0257. The third-order valence-corrected chi connectivity index (χ3v) is 6.32. The van der Waals surface area contributed by atoms with Gasteiger partial charge in [0.2, 0.25) is 0 Å². The van der Waals surface area contributed by atoms with Crippen molar-refractivity contribution in [1.29, 1.82) is 0 Å². The first-order valence-electron chi connectivity index (χ1n) is 12.4. The average molecular weight is 543 g/mol. The lowest BCUT2D eigenvalue weighted by molar-refractivity contribution is -0.131. The standard InChI is InChI=1S/C28H26F4N4O3/c1-16-13-17(3-8-21(16)27(37)34-18-4-5-18)25-26(33-12-11-28(30,31)32)35-24-10-7-20(15-36(24)25)39-23-9-6-19(38-2)14-22(23)29/h3,6-10,13-15,18,33H,4-5,11-12H2,1-2H3,(H,34,37). The molecule has 2 heterocycles. The minimum atomic E-state index is -4.33. The number of methoxy groups -OCH3 is 1. The van der Waals surface area contributed by atoms with E-state index in [9.17, 15) is 22.4 Å². The van der Waals surface area contributed by atoms with E-state index in [4.69, 9.17) is 9.47 Å². The molecule has 1 amide bonds. The number of alkyl halides is 3. The number of ether oxygens (including phenoxy) is 2. The molecule has 2 aromatic carbocycles. The molecule has 0 aliphatic heterocycles. The number of aromatic nitrogens is 2. The van der Waals surface area contributed by atoms with Crippen molar-refractivity contribution in [3.8, 4) is 28.5 Å². The van der Waals surface area contributed by atoms with Gasteiger partial charge < -0.3 is 20.1 Å². The van der Waals surface area contributed by atoms with E-state index in [0.29, 0.717) is 33.8 Å². The van der Waals surface area contributed by atoms with Crippen LogP contribution in [0.2, 0.25) is 0 Å². The van der Waals surface area contributed by atoms with Crippen molar-refractivity contribution in [2.75, 3.05) is 19.0 Å². The van der Waals surface area contributed by atoms with Gasteiger partial charge in [-0.25, -0.2) is 9.37 Å². The molecule has 4 aromatic rings.